The van der Waals surface area contributed by atoms with Crippen molar-refractivity contribution >= 4 is 11.6 Å². The van der Waals surface area contributed by atoms with E-state index in [-0.39, 0.29) is 0 Å². The van der Waals surface area contributed by atoms with Crippen LogP contribution < -0.4 is 29.7 Å². The molecule has 0 bridgehead atoms. The molecule has 1 aliphatic rings. The minimum absolute atomic E-state index is 0.479. The molecule has 0 aliphatic carbocycles. The van der Waals surface area contributed by atoms with Gasteiger partial charge >= 0.3 is 0 Å². The van der Waals surface area contributed by atoms with Crippen molar-refractivity contribution in [3.8, 4) is 17.2 Å². The number of nitrogens with one attached hydrogen (secondary N) is 2. The van der Waals surface area contributed by atoms with E-state index in [1.807, 2.05) is 12.1 Å². The molecule has 166 valence electrons. The molecule has 0 atom stereocenters. The summed E-state index contributed by atoms with van der Waals surface area (Å²) in [5.74, 6) is 2.58. The fourth-order valence-corrected chi connectivity index (χ4v) is 3.44. The van der Waals surface area contributed by atoms with Gasteiger partial charge < -0.3 is 29.7 Å². The Balaban J connectivity index is 1.65. The van der Waals surface area contributed by atoms with Crippen LogP contribution in [0.1, 0.15) is 18.1 Å². The first-order valence-electron chi connectivity index (χ1n) is 10.5. The van der Waals surface area contributed by atoms with Crippen molar-refractivity contribution in [1.29, 1.82) is 0 Å². The molecule has 7 heteroatoms. The highest BCUT2D eigenvalue weighted by Gasteiger charge is 2.13. The molecule has 2 aromatic carbocycles. The van der Waals surface area contributed by atoms with E-state index in [1.165, 1.54) is 11.3 Å². The third-order valence-electron chi connectivity index (χ3n) is 5.07. The molecule has 2 N–H and O–H groups in total. The van der Waals surface area contributed by atoms with Crippen molar-refractivity contribution in [2.24, 2.45) is 4.99 Å². The van der Waals surface area contributed by atoms with E-state index in [4.69, 9.17) is 19.2 Å². The Hall–Kier alpha value is -3.35. The van der Waals surface area contributed by atoms with Crippen LogP contribution in [0.4, 0.5) is 5.69 Å². The van der Waals surface area contributed by atoms with Crippen LogP contribution in [-0.2, 0) is 13.1 Å². The standard InChI is InChI=1S/C24H32N4O3/c1-5-25-24(26-16-18-8-10-20(11-9-18)28-12-6-7-13-28)27-17-19-14-21(29-2)23(31-4)22(15-19)30-3/h6-11,14-15H,5,12-13,16-17H2,1-4H3,(H2,25,26,27). The molecular weight excluding hydrogens is 392 g/mol. The maximum Gasteiger partial charge on any atom is 0.203 e. The lowest BCUT2D eigenvalue weighted by atomic mass is 10.2. The molecule has 31 heavy (non-hydrogen) atoms. The number of hydrogen-bond acceptors (Lipinski definition) is 5. The van der Waals surface area contributed by atoms with Crippen molar-refractivity contribution in [2.75, 3.05) is 45.9 Å². The van der Waals surface area contributed by atoms with Gasteiger partial charge in [0.2, 0.25) is 5.75 Å². The summed E-state index contributed by atoms with van der Waals surface area (Å²) in [5, 5.41) is 6.70. The van der Waals surface area contributed by atoms with Crippen LogP contribution in [0.3, 0.4) is 0 Å². The number of ether oxygens (including phenoxy) is 3. The summed E-state index contributed by atoms with van der Waals surface area (Å²) < 4.78 is 16.3. The SMILES string of the molecule is CCNC(=NCc1cc(OC)c(OC)c(OC)c1)NCc1ccc(N2CC=CC2)cc1. The second kappa shape index (κ2) is 11.2. The summed E-state index contributed by atoms with van der Waals surface area (Å²) in [7, 11) is 4.82. The van der Waals surface area contributed by atoms with Crippen LogP contribution in [0, 0.1) is 0 Å². The Morgan fingerprint density at radius 1 is 0.903 bits per heavy atom. The first-order chi connectivity index (χ1) is 15.2. The molecule has 0 aromatic heterocycles. The van der Waals surface area contributed by atoms with Gasteiger partial charge in [0.05, 0.1) is 27.9 Å². The third-order valence-corrected chi connectivity index (χ3v) is 5.07. The van der Waals surface area contributed by atoms with Gasteiger partial charge in [0.1, 0.15) is 0 Å². The van der Waals surface area contributed by atoms with Gasteiger partial charge in [-0.3, -0.25) is 0 Å². The van der Waals surface area contributed by atoms with Gasteiger partial charge in [-0.05, 0) is 42.3 Å². The largest absolute Gasteiger partial charge is 0.493 e. The Morgan fingerprint density at radius 2 is 1.55 bits per heavy atom. The Morgan fingerprint density at radius 3 is 2.10 bits per heavy atom. The average Bonchev–Trinajstić information content (AvgIpc) is 3.35. The monoisotopic (exact) mass is 424 g/mol. The minimum Gasteiger partial charge on any atom is -0.493 e. The van der Waals surface area contributed by atoms with E-state index in [9.17, 15) is 0 Å². The van der Waals surface area contributed by atoms with Crippen molar-refractivity contribution < 1.29 is 14.2 Å². The fourth-order valence-electron chi connectivity index (χ4n) is 3.44. The van der Waals surface area contributed by atoms with Gasteiger partial charge in [-0.1, -0.05) is 24.3 Å². The van der Waals surface area contributed by atoms with Crippen molar-refractivity contribution in [3.63, 3.8) is 0 Å². The van der Waals surface area contributed by atoms with E-state index in [0.29, 0.717) is 30.3 Å². The maximum atomic E-state index is 5.43. The molecule has 0 fully saturated rings. The van der Waals surface area contributed by atoms with Crippen LogP contribution in [0.15, 0.2) is 53.5 Å². The lowest BCUT2D eigenvalue weighted by molar-refractivity contribution is 0.324. The zero-order valence-corrected chi connectivity index (χ0v) is 18.8. The zero-order valence-electron chi connectivity index (χ0n) is 18.8. The lowest BCUT2D eigenvalue weighted by Crippen LogP contribution is -2.36. The van der Waals surface area contributed by atoms with Crippen molar-refractivity contribution in [3.05, 3.63) is 59.7 Å². The number of rotatable bonds is 9. The van der Waals surface area contributed by atoms with Crippen molar-refractivity contribution in [1.82, 2.24) is 10.6 Å². The van der Waals surface area contributed by atoms with Gasteiger partial charge in [0.15, 0.2) is 17.5 Å². The van der Waals surface area contributed by atoms with Crippen LogP contribution in [0.25, 0.3) is 0 Å². The molecule has 2 aromatic rings. The van der Waals surface area contributed by atoms with Crippen LogP contribution >= 0.6 is 0 Å². The van der Waals surface area contributed by atoms with E-state index in [1.54, 1.807) is 21.3 Å². The number of methoxy groups -OCH3 is 3. The number of anilines is 1. The summed E-state index contributed by atoms with van der Waals surface area (Å²) in [6.45, 7) is 5.97. The maximum absolute atomic E-state index is 5.43. The highest BCUT2D eigenvalue weighted by atomic mass is 16.5. The highest BCUT2D eigenvalue weighted by Crippen LogP contribution is 2.38. The average molecular weight is 425 g/mol. The molecule has 0 spiro atoms. The Kier molecular flexibility index (Phi) is 8.04. The molecule has 0 radical (unpaired) electrons. The summed E-state index contributed by atoms with van der Waals surface area (Å²) in [4.78, 5) is 7.05. The smallest absolute Gasteiger partial charge is 0.203 e. The predicted octanol–water partition coefficient (Wildman–Crippen LogP) is 3.34. The number of aliphatic imine (C=N–C) groups is 1. The second-order valence-electron chi connectivity index (χ2n) is 7.13. The Bertz CT molecular complexity index is 877. The summed E-state index contributed by atoms with van der Waals surface area (Å²) in [5.41, 5.74) is 3.42. The zero-order chi connectivity index (χ0) is 22.1. The van der Waals surface area contributed by atoms with Crippen LogP contribution in [0.2, 0.25) is 0 Å². The summed E-state index contributed by atoms with van der Waals surface area (Å²) in [6, 6.07) is 12.5. The molecule has 1 heterocycles. The van der Waals surface area contributed by atoms with Gasteiger partial charge in [0, 0.05) is 31.9 Å². The summed E-state index contributed by atoms with van der Waals surface area (Å²) >= 11 is 0. The molecule has 0 saturated carbocycles. The topological polar surface area (TPSA) is 67.4 Å². The first-order valence-corrected chi connectivity index (χ1v) is 10.5. The molecule has 1 aliphatic heterocycles. The fraction of sp³-hybridized carbons (Fsp3) is 0.375. The lowest BCUT2D eigenvalue weighted by Gasteiger charge is -2.18. The highest BCUT2D eigenvalue weighted by molar-refractivity contribution is 5.79. The second-order valence-corrected chi connectivity index (χ2v) is 7.13. The number of hydrogen-bond donors (Lipinski definition) is 2. The predicted molar refractivity (Wildman–Crippen MR) is 126 cm³/mol. The Labute approximate surface area is 184 Å². The van der Waals surface area contributed by atoms with Gasteiger partial charge in [-0.25, -0.2) is 4.99 Å². The molecule has 7 nitrogen and oxygen atoms in total. The number of nitrogens with zero attached hydrogens (tertiary/aromatic N) is 2. The normalized spacial score (nSPS) is 13.3. The van der Waals surface area contributed by atoms with Crippen molar-refractivity contribution in [2.45, 2.75) is 20.0 Å². The van der Waals surface area contributed by atoms with Crippen LogP contribution in [-0.4, -0.2) is 46.9 Å². The molecular formula is C24H32N4O3. The molecule has 3 rings (SSSR count). The number of guanidine groups is 1. The van der Waals surface area contributed by atoms with Crippen LogP contribution in [0.5, 0.6) is 17.2 Å². The van der Waals surface area contributed by atoms with Gasteiger partial charge in [-0.2, -0.15) is 0 Å². The minimum atomic E-state index is 0.479. The van der Waals surface area contributed by atoms with E-state index >= 15 is 0 Å². The van der Waals surface area contributed by atoms with E-state index in [2.05, 4.69) is 58.9 Å². The molecule has 0 unspecified atom stereocenters. The van der Waals surface area contributed by atoms with Gasteiger partial charge in [-0.15, -0.1) is 0 Å². The van der Waals surface area contributed by atoms with E-state index in [0.717, 1.165) is 31.2 Å². The van der Waals surface area contributed by atoms with E-state index < -0.39 is 0 Å². The third kappa shape index (κ3) is 5.84. The molecule has 0 amide bonds. The first kappa shape index (κ1) is 22.3. The quantitative estimate of drug-likeness (QED) is 0.366. The summed E-state index contributed by atoms with van der Waals surface area (Å²) in [6.07, 6.45) is 4.39. The number of benzene rings is 2. The van der Waals surface area contributed by atoms with Gasteiger partial charge in [0.25, 0.3) is 0 Å². The molecule has 0 saturated heterocycles.